The van der Waals surface area contributed by atoms with Crippen LogP contribution in [0.1, 0.15) is 26.0 Å². The number of hydrogen-bond acceptors (Lipinski definition) is 2. The van der Waals surface area contributed by atoms with Crippen LogP contribution in [0.4, 0.5) is 0 Å². The molecule has 1 aromatic carbocycles. The number of carbonyl (C=O) groups is 1. The van der Waals surface area contributed by atoms with E-state index in [4.69, 9.17) is 0 Å². The molecule has 0 aliphatic heterocycles. The van der Waals surface area contributed by atoms with Crippen molar-refractivity contribution < 1.29 is 9.90 Å². The Morgan fingerprint density at radius 1 is 1.19 bits per heavy atom. The van der Waals surface area contributed by atoms with E-state index >= 15 is 0 Å². The number of benzene rings is 1. The molecule has 0 saturated heterocycles. The van der Waals surface area contributed by atoms with Crippen LogP contribution in [0, 0.1) is 5.92 Å². The van der Waals surface area contributed by atoms with Gasteiger partial charge in [0.15, 0.2) is 0 Å². The summed E-state index contributed by atoms with van der Waals surface area (Å²) < 4.78 is 3.27. The van der Waals surface area contributed by atoms with Gasteiger partial charge >= 0.3 is 0 Å². The zero-order valence-electron chi connectivity index (χ0n) is 12.3. The minimum Gasteiger partial charge on any atom is -0.550 e. The zero-order chi connectivity index (χ0) is 15.4. The summed E-state index contributed by atoms with van der Waals surface area (Å²) >= 11 is 3.44. The molecule has 0 spiro atoms. The fourth-order valence-corrected chi connectivity index (χ4v) is 2.68. The molecule has 21 heavy (non-hydrogen) atoms. The van der Waals surface area contributed by atoms with Gasteiger partial charge in [-0.15, -0.1) is 0 Å². The normalized spacial score (nSPS) is 11.0. The van der Waals surface area contributed by atoms with Crippen molar-refractivity contribution in [3.8, 4) is 11.3 Å². The molecule has 112 valence electrons. The summed E-state index contributed by atoms with van der Waals surface area (Å²) in [4.78, 5) is 10.7. The lowest BCUT2D eigenvalue weighted by molar-refractivity contribution is -0.305. The van der Waals surface area contributed by atoms with Crippen molar-refractivity contribution >= 4 is 21.9 Å². The Labute approximate surface area is 133 Å². The maximum absolute atomic E-state index is 10.7. The molecule has 0 aliphatic rings. The number of aryl methyl sites for hydroxylation is 1. The molecule has 0 unspecified atom stereocenters. The fraction of sp³-hybridized carbons (Fsp3) is 0.353. The Bertz CT molecular complexity index is 614. The Morgan fingerprint density at radius 2 is 1.86 bits per heavy atom. The Morgan fingerprint density at radius 3 is 2.43 bits per heavy atom. The van der Waals surface area contributed by atoms with E-state index in [2.05, 4.69) is 52.5 Å². The molecule has 0 bridgehead atoms. The topological polar surface area (TPSA) is 45.1 Å². The van der Waals surface area contributed by atoms with Gasteiger partial charge in [-0.2, -0.15) is 0 Å². The number of carboxylic acid groups (broad SMARTS) is 1. The van der Waals surface area contributed by atoms with Gasteiger partial charge in [0.25, 0.3) is 0 Å². The lowest BCUT2D eigenvalue weighted by Crippen LogP contribution is -2.23. The van der Waals surface area contributed by atoms with E-state index in [0.29, 0.717) is 12.3 Å². The third-order valence-electron chi connectivity index (χ3n) is 3.34. The first-order chi connectivity index (χ1) is 9.97. The van der Waals surface area contributed by atoms with Crippen LogP contribution >= 0.6 is 15.9 Å². The molecule has 2 rings (SSSR count). The molecule has 1 aromatic heterocycles. The van der Waals surface area contributed by atoms with Crippen molar-refractivity contribution in [2.45, 2.75) is 33.2 Å². The number of carboxylic acids is 1. The minimum absolute atomic E-state index is 0.0574. The second-order valence-corrected chi connectivity index (χ2v) is 6.51. The average Bonchev–Trinajstić information content (AvgIpc) is 2.79. The summed E-state index contributed by atoms with van der Waals surface area (Å²) in [6.07, 6.45) is 0.563. The molecule has 0 atom stereocenters. The van der Waals surface area contributed by atoms with E-state index in [1.165, 1.54) is 0 Å². The molecule has 3 nitrogen and oxygen atoms in total. The van der Waals surface area contributed by atoms with Crippen LogP contribution in [0.25, 0.3) is 11.3 Å². The highest BCUT2D eigenvalue weighted by Crippen LogP contribution is 2.26. The van der Waals surface area contributed by atoms with Gasteiger partial charge < -0.3 is 14.5 Å². The van der Waals surface area contributed by atoms with E-state index < -0.39 is 5.97 Å². The monoisotopic (exact) mass is 348 g/mol. The summed E-state index contributed by atoms with van der Waals surface area (Å²) in [5.41, 5.74) is 3.31. The van der Waals surface area contributed by atoms with E-state index in [1.54, 1.807) is 0 Å². The number of aliphatic carboxylic acids is 1. The molecule has 1 heterocycles. The van der Waals surface area contributed by atoms with Gasteiger partial charge in [0, 0.05) is 28.4 Å². The van der Waals surface area contributed by atoms with E-state index in [0.717, 1.165) is 28.0 Å². The highest BCUT2D eigenvalue weighted by atomic mass is 79.9. The van der Waals surface area contributed by atoms with E-state index in [9.17, 15) is 9.90 Å². The lowest BCUT2D eigenvalue weighted by atomic mass is 10.1. The molecule has 4 heteroatoms. The van der Waals surface area contributed by atoms with Gasteiger partial charge in [-0.3, -0.25) is 0 Å². The second kappa shape index (κ2) is 6.94. The summed E-state index contributed by atoms with van der Waals surface area (Å²) in [6.45, 7) is 5.20. The molecule has 2 aromatic rings. The van der Waals surface area contributed by atoms with Crippen molar-refractivity contribution in [3.05, 3.63) is 46.6 Å². The first-order valence-electron chi connectivity index (χ1n) is 7.11. The van der Waals surface area contributed by atoms with Crippen molar-refractivity contribution in [2.24, 2.45) is 5.92 Å². The van der Waals surface area contributed by atoms with Gasteiger partial charge in [-0.25, -0.2) is 0 Å². The van der Waals surface area contributed by atoms with Crippen LogP contribution in [0.15, 0.2) is 40.9 Å². The van der Waals surface area contributed by atoms with Gasteiger partial charge in [0.05, 0.1) is 0 Å². The average molecular weight is 349 g/mol. The summed E-state index contributed by atoms with van der Waals surface area (Å²) in [6, 6.07) is 12.3. The number of nitrogens with zero attached hydrogens (tertiary/aromatic N) is 1. The van der Waals surface area contributed by atoms with E-state index in [1.807, 2.05) is 18.2 Å². The van der Waals surface area contributed by atoms with Crippen LogP contribution in [-0.2, 0) is 17.8 Å². The van der Waals surface area contributed by atoms with Crippen molar-refractivity contribution in [1.29, 1.82) is 0 Å². The third kappa shape index (κ3) is 4.21. The SMILES string of the molecule is CC(C)Cn1c(CCC(=O)[O-])ccc1-c1ccc(Br)cc1. The second-order valence-electron chi connectivity index (χ2n) is 5.59. The van der Waals surface area contributed by atoms with Crippen LogP contribution < -0.4 is 5.11 Å². The smallest absolute Gasteiger partial charge is 0.0482 e. The molecule has 0 radical (unpaired) electrons. The third-order valence-corrected chi connectivity index (χ3v) is 3.87. The van der Waals surface area contributed by atoms with Crippen molar-refractivity contribution in [2.75, 3.05) is 0 Å². The Hall–Kier alpha value is -1.55. The number of hydrogen-bond donors (Lipinski definition) is 0. The summed E-state index contributed by atoms with van der Waals surface area (Å²) in [5.74, 6) is -0.509. The molecule has 0 amide bonds. The van der Waals surface area contributed by atoms with Crippen LogP contribution in [0.2, 0.25) is 0 Å². The highest BCUT2D eigenvalue weighted by molar-refractivity contribution is 9.10. The zero-order valence-corrected chi connectivity index (χ0v) is 13.9. The highest BCUT2D eigenvalue weighted by Gasteiger charge is 2.11. The Kier molecular flexibility index (Phi) is 5.23. The molecule has 0 fully saturated rings. The van der Waals surface area contributed by atoms with Gasteiger partial charge in [0.1, 0.15) is 0 Å². The van der Waals surface area contributed by atoms with Gasteiger partial charge in [0.2, 0.25) is 0 Å². The lowest BCUT2D eigenvalue weighted by Gasteiger charge is -2.16. The number of carbonyl (C=O) groups excluding carboxylic acids is 1. The van der Waals surface area contributed by atoms with E-state index in [-0.39, 0.29) is 6.42 Å². The van der Waals surface area contributed by atoms with Crippen LogP contribution in [0.5, 0.6) is 0 Å². The fourth-order valence-electron chi connectivity index (χ4n) is 2.41. The van der Waals surface area contributed by atoms with Crippen LogP contribution in [-0.4, -0.2) is 10.5 Å². The van der Waals surface area contributed by atoms with Gasteiger partial charge in [-0.1, -0.05) is 41.9 Å². The molecule has 0 N–H and O–H groups in total. The maximum atomic E-state index is 10.7. The molecule has 0 aliphatic carbocycles. The number of aromatic nitrogens is 1. The molecular formula is C17H19BrNO2-. The summed E-state index contributed by atoms with van der Waals surface area (Å²) in [7, 11) is 0. The maximum Gasteiger partial charge on any atom is 0.0482 e. The van der Waals surface area contributed by atoms with Crippen molar-refractivity contribution in [1.82, 2.24) is 4.57 Å². The standard InChI is InChI=1S/C17H20BrNO2/c1-12(2)11-19-15(8-10-17(20)21)7-9-16(19)13-3-5-14(18)6-4-13/h3-7,9,12H,8,10-11H2,1-2H3,(H,20,21)/p-1. The predicted molar refractivity (Wildman–Crippen MR) is 85.7 cm³/mol. The number of halogens is 1. The first kappa shape index (κ1) is 15.8. The predicted octanol–water partition coefficient (Wildman–Crippen LogP) is 3.26. The largest absolute Gasteiger partial charge is 0.550 e. The minimum atomic E-state index is -1.00. The number of rotatable bonds is 6. The first-order valence-corrected chi connectivity index (χ1v) is 7.91. The van der Waals surface area contributed by atoms with Gasteiger partial charge in [-0.05, 0) is 48.6 Å². The summed E-state index contributed by atoms with van der Waals surface area (Å²) in [5, 5.41) is 10.7. The molecule has 0 saturated carbocycles. The quantitative estimate of drug-likeness (QED) is 0.804. The van der Waals surface area contributed by atoms with Crippen LogP contribution in [0.3, 0.4) is 0 Å². The Balaban J connectivity index is 2.35. The van der Waals surface area contributed by atoms with Crippen molar-refractivity contribution in [3.63, 3.8) is 0 Å². The molecular weight excluding hydrogens is 330 g/mol.